The predicted molar refractivity (Wildman–Crippen MR) is 52.6 cm³/mol. The highest BCUT2D eigenvalue weighted by Crippen LogP contribution is 2.07. The van der Waals surface area contributed by atoms with Gasteiger partial charge >= 0.3 is 5.43 Å². The number of hydrogen-bond acceptors (Lipinski definition) is 3. The molecule has 1 rings (SSSR count). The number of carbonyl (C=O) groups is 2. The van der Waals surface area contributed by atoms with Gasteiger partial charge in [-0.15, -0.1) is 0 Å². The lowest BCUT2D eigenvalue weighted by molar-refractivity contribution is 0.0730. The van der Waals surface area contributed by atoms with Crippen LogP contribution in [0.1, 0.15) is 17.3 Å². The molecule has 1 aromatic rings. The lowest BCUT2D eigenvalue weighted by atomic mass is 10.1. The Balaban J connectivity index is 2.71. The third kappa shape index (κ3) is 2.85. The Hall–Kier alpha value is -1.35. The van der Waals surface area contributed by atoms with Crippen LogP contribution < -0.4 is 0 Å². The van der Waals surface area contributed by atoms with E-state index in [-0.39, 0.29) is 5.78 Å². The summed E-state index contributed by atoms with van der Waals surface area (Å²) in [6.07, 6.45) is -0.845. The van der Waals surface area contributed by atoms with Crippen molar-refractivity contribution in [2.75, 3.05) is 0 Å². The summed E-state index contributed by atoms with van der Waals surface area (Å²) >= 11 is 4.99. The zero-order valence-electron chi connectivity index (χ0n) is 7.57. The van der Waals surface area contributed by atoms with Crippen molar-refractivity contribution in [2.24, 2.45) is 0 Å². The number of rotatable bonds is 3. The number of ether oxygens (including phenoxy) is 1. The van der Waals surface area contributed by atoms with E-state index < -0.39 is 11.5 Å². The van der Waals surface area contributed by atoms with Gasteiger partial charge in [-0.2, -0.15) is 0 Å². The Morgan fingerprint density at radius 2 is 1.86 bits per heavy atom. The number of halogens is 1. The molecule has 0 fully saturated rings. The van der Waals surface area contributed by atoms with E-state index >= 15 is 0 Å². The third-order valence-corrected chi connectivity index (χ3v) is 1.79. The second-order valence-corrected chi connectivity index (χ2v) is 3.04. The summed E-state index contributed by atoms with van der Waals surface area (Å²) in [4.78, 5) is 21.9. The molecule has 0 radical (unpaired) electrons. The molecule has 1 aromatic carbocycles. The standard InChI is InChI=1S/C10H9ClO3/c1-7(14-10(11)13)9(12)8-5-3-2-4-6-8/h2-7H,1H3. The fraction of sp³-hybridized carbons (Fsp3) is 0.200. The summed E-state index contributed by atoms with van der Waals surface area (Å²) in [6, 6.07) is 8.59. The number of benzene rings is 1. The first-order chi connectivity index (χ1) is 6.61. The molecule has 4 heteroatoms. The molecule has 0 aliphatic heterocycles. The first-order valence-corrected chi connectivity index (χ1v) is 4.44. The van der Waals surface area contributed by atoms with Gasteiger partial charge in [0.1, 0.15) is 0 Å². The molecule has 0 bridgehead atoms. The molecule has 14 heavy (non-hydrogen) atoms. The van der Waals surface area contributed by atoms with Gasteiger partial charge in [-0.05, 0) is 6.92 Å². The van der Waals surface area contributed by atoms with Crippen LogP contribution in [0.25, 0.3) is 0 Å². The maximum Gasteiger partial charge on any atom is 0.404 e. The van der Waals surface area contributed by atoms with Crippen molar-refractivity contribution < 1.29 is 14.3 Å². The van der Waals surface area contributed by atoms with Crippen molar-refractivity contribution in [1.82, 2.24) is 0 Å². The lowest BCUT2D eigenvalue weighted by Crippen LogP contribution is -2.21. The van der Waals surface area contributed by atoms with Gasteiger partial charge in [-0.25, -0.2) is 4.79 Å². The Bertz CT molecular complexity index is 334. The minimum atomic E-state index is -0.971. The highest BCUT2D eigenvalue weighted by atomic mass is 35.5. The molecular weight excluding hydrogens is 204 g/mol. The highest BCUT2D eigenvalue weighted by molar-refractivity contribution is 6.61. The molecule has 0 aromatic heterocycles. The van der Waals surface area contributed by atoms with Crippen molar-refractivity contribution in [2.45, 2.75) is 13.0 Å². The molecule has 0 aliphatic carbocycles. The fourth-order valence-corrected chi connectivity index (χ4v) is 1.16. The number of hydrogen-bond donors (Lipinski definition) is 0. The van der Waals surface area contributed by atoms with Gasteiger partial charge in [0, 0.05) is 17.2 Å². The minimum Gasteiger partial charge on any atom is -0.442 e. The quantitative estimate of drug-likeness (QED) is 0.572. The molecule has 0 saturated heterocycles. The Morgan fingerprint density at radius 3 is 2.36 bits per heavy atom. The molecule has 0 aliphatic rings. The van der Waals surface area contributed by atoms with Crippen LogP contribution in [0.4, 0.5) is 4.79 Å². The van der Waals surface area contributed by atoms with Crippen molar-refractivity contribution in [1.29, 1.82) is 0 Å². The van der Waals surface area contributed by atoms with Crippen LogP contribution in [0.5, 0.6) is 0 Å². The maximum atomic E-state index is 11.5. The van der Waals surface area contributed by atoms with Gasteiger partial charge in [0.2, 0.25) is 5.78 Å². The van der Waals surface area contributed by atoms with Crippen molar-refractivity contribution in [3.05, 3.63) is 35.9 Å². The van der Waals surface area contributed by atoms with E-state index in [1.54, 1.807) is 30.3 Å². The minimum absolute atomic E-state index is 0.264. The maximum absolute atomic E-state index is 11.5. The van der Waals surface area contributed by atoms with Crippen LogP contribution >= 0.6 is 11.6 Å². The largest absolute Gasteiger partial charge is 0.442 e. The summed E-state index contributed by atoms with van der Waals surface area (Å²) in [6.45, 7) is 1.48. The second kappa shape index (κ2) is 4.77. The Labute approximate surface area is 86.6 Å². The van der Waals surface area contributed by atoms with Gasteiger partial charge in [-0.1, -0.05) is 30.3 Å². The zero-order chi connectivity index (χ0) is 10.6. The van der Waals surface area contributed by atoms with Crippen LogP contribution in [0.3, 0.4) is 0 Å². The first kappa shape index (κ1) is 10.7. The van der Waals surface area contributed by atoms with Gasteiger partial charge in [0.05, 0.1) is 0 Å². The van der Waals surface area contributed by atoms with E-state index in [4.69, 9.17) is 11.6 Å². The third-order valence-electron chi connectivity index (χ3n) is 1.70. The molecule has 0 amide bonds. The fourth-order valence-electron chi connectivity index (χ4n) is 1.03. The smallest absolute Gasteiger partial charge is 0.404 e. The number of carbonyl (C=O) groups excluding carboxylic acids is 2. The summed E-state index contributed by atoms with van der Waals surface area (Å²) in [5.74, 6) is -0.264. The van der Waals surface area contributed by atoms with Crippen LogP contribution in [-0.4, -0.2) is 17.3 Å². The van der Waals surface area contributed by atoms with E-state index in [9.17, 15) is 9.59 Å². The molecule has 0 heterocycles. The second-order valence-electron chi connectivity index (χ2n) is 2.73. The molecular formula is C10H9ClO3. The molecule has 74 valence electrons. The average molecular weight is 213 g/mol. The number of ketones is 1. The topological polar surface area (TPSA) is 43.4 Å². The molecule has 1 atom stereocenters. The van der Waals surface area contributed by atoms with Crippen LogP contribution in [0.15, 0.2) is 30.3 Å². The van der Waals surface area contributed by atoms with E-state index in [1.165, 1.54) is 6.92 Å². The van der Waals surface area contributed by atoms with E-state index in [1.807, 2.05) is 0 Å². The van der Waals surface area contributed by atoms with Gasteiger partial charge < -0.3 is 4.74 Å². The first-order valence-electron chi connectivity index (χ1n) is 4.06. The van der Waals surface area contributed by atoms with Gasteiger partial charge in [0.25, 0.3) is 0 Å². The monoisotopic (exact) mass is 212 g/mol. The predicted octanol–water partition coefficient (Wildman–Crippen LogP) is 2.63. The summed E-state index contributed by atoms with van der Waals surface area (Å²) in [5.41, 5.74) is -0.473. The molecule has 0 saturated carbocycles. The van der Waals surface area contributed by atoms with Gasteiger partial charge in [-0.3, -0.25) is 4.79 Å². The van der Waals surface area contributed by atoms with E-state index in [2.05, 4.69) is 4.74 Å². The number of Topliss-reactive ketones (excluding diaryl/α,β-unsaturated/α-hetero) is 1. The SMILES string of the molecule is CC(OC(=O)Cl)C(=O)c1ccccc1. The lowest BCUT2D eigenvalue weighted by Gasteiger charge is -2.08. The average Bonchev–Trinajstić information content (AvgIpc) is 2.17. The van der Waals surface area contributed by atoms with Crippen LogP contribution in [0.2, 0.25) is 0 Å². The van der Waals surface area contributed by atoms with Crippen molar-refractivity contribution in [3.63, 3.8) is 0 Å². The molecule has 1 unspecified atom stereocenters. The van der Waals surface area contributed by atoms with Crippen molar-refractivity contribution in [3.8, 4) is 0 Å². The normalized spacial score (nSPS) is 11.9. The Morgan fingerprint density at radius 1 is 1.29 bits per heavy atom. The molecule has 3 nitrogen and oxygen atoms in total. The summed E-state index contributed by atoms with van der Waals surface area (Å²) in [7, 11) is 0. The zero-order valence-corrected chi connectivity index (χ0v) is 8.32. The Kier molecular flexibility index (Phi) is 3.65. The molecule has 0 N–H and O–H groups in total. The summed E-state index contributed by atoms with van der Waals surface area (Å²) < 4.78 is 4.54. The highest BCUT2D eigenvalue weighted by Gasteiger charge is 2.17. The van der Waals surface area contributed by atoms with Gasteiger partial charge in [0.15, 0.2) is 6.10 Å². The van der Waals surface area contributed by atoms with Crippen LogP contribution in [-0.2, 0) is 4.74 Å². The van der Waals surface area contributed by atoms with Crippen LogP contribution in [0, 0.1) is 0 Å². The van der Waals surface area contributed by atoms with E-state index in [0.717, 1.165) is 0 Å². The summed E-state index contributed by atoms with van der Waals surface area (Å²) in [5, 5.41) is 0. The van der Waals surface area contributed by atoms with E-state index in [0.29, 0.717) is 5.56 Å². The molecule has 0 spiro atoms. The van der Waals surface area contributed by atoms with Crippen molar-refractivity contribution >= 4 is 22.8 Å².